The molecule has 0 radical (unpaired) electrons. The Kier molecular flexibility index (Phi) is 11.4. The van der Waals surface area contributed by atoms with Crippen LogP contribution in [0.25, 0.3) is 0 Å². The van der Waals surface area contributed by atoms with Gasteiger partial charge in [0.15, 0.2) is 0 Å². The first-order valence-corrected chi connectivity index (χ1v) is 6.87. The number of carbonyl (C=O) groups excluding carboxylic acids is 1. The van der Waals surface area contributed by atoms with Gasteiger partial charge in [0.1, 0.15) is 0 Å². The summed E-state index contributed by atoms with van der Waals surface area (Å²) < 4.78 is 0. The predicted octanol–water partition coefficient (Wildman–Crippen LogP) is 1.27. The second-order valence-corrected chi connectivity index (χ2v) is 4.62. The minimum absolute atomic E-state index is 0.155. The number of nitrogens with one attached hydrogen (secondary N) is 3. The van der Waals surface area contributed by atoms with Gasteiger partial charge < -0.3 is 16.0 Å². The SMILES string of the molecule is CCC(=O)NCCCCCNCCNC(C)C. The summed E-state index contributed by atoms with van der Waals surface area (Å²) in [5.41, 5.74) is 0. The van der Waals surface area contributed by atoms with E-state index in [0.29, 0.717) is 12.5 Å². The number of unbranched alkanes of at least 4 members (excludes halogenated alkanes) is 2. The molecule has 0 aliphatic rings. The summed E-state index contributed by atoms with van der Waals surface area (Å²) >= 11 is 0. The average Bonchev–Trinajstić information content (AvgIpc) is 2.30. The highest BCUT2D eigenvalue weighted by atomic mass is 16.1. The highest BCUT2D eigenvalue weighted by Gasteiger charge is 1.95. The fourth-order valence-electron chi connectivity index (χ4n) is 1.48. The second kappa shape index (κ2) is 11.9. The maximum atomic E-state index is 10.9. The molecule has 0 aliphatic carbocycles. The van der Waals surface area contributed by atoms with Crippen LogP contribution in [0.2, 0.25) is 0 Å². The van der Waals surface area contributed by atoms with Crippen molar-refractivity contribution in [3.8, 4) is 0 Å². The molecular weight excluding hydrogens is 214 g/mol. The van der Waals surface area contributed by atoms with Crippen molar-refractivity contribution >= 4 is 5.91 Å². The molecule has 0 aromatic rings. The van der Waals surface area contributed by atoms with Crippen molar-refractivity contribution in [2.24, 2.45) is 0 Å². The molecule has 0 aliphatic heterocycles. The van der Waals surface area contributed by atoms with E-state index in [0.717, 1.165) is 32.6 Å². The van der Waals surface area contributed by atoms with Gasteiger partial charge in [-0.25, -0.2) is 0 Å². The Hall–Kier alpha value is -0.610. The molecule has 0 atom stereocenters. The molecule has 3 N–H and O–H groups in total. The Bertz CT molecular complexity index is 184. The highest BCUT2D eigenvalue weighted by molar-refractivity contribution is 5.75. The molecule has 4 nitrogen and oxygen atoms in total. The van der Waals surface area contributed by atoms with E-state index in [4.69, 9.17) is 0 Å². The van der Waals surface area contributed by atoms with Crippen LogP contribution in [0, 0.1) is 0 Å². The van der Waals surface area contributed by atoms with Gasteiger partial charge in [-0.3, -0.25) is 4.79 Å². The number of amides is 1. The lowest BCUT2D eigenvalue weighted by atomic mass is 10.2. The summed E-state index contributed by atoms with van der Waals surface area (Å²) in [5.74, 6) is 0.155. The zero-order valence-electron chi connectivity index (χ0n) is 11.6. The topological polar surface area (TPSA) is 53.2 Å². The maximum absolute atomic E-state index is 10.9. The monoisotopic (exact) mass is 243 g/mol. The Labute approximate surface area is 106 Å². The van der Waals surface area contributed by atoms with Crippen molar-refractivity contribution in [3.05, 3.63) is 0 Å². The molecule has 0 aromatic carbocycles. The van der Waals surface area contributed by atoms with Crippen molar-refractivity contribution < 1.29 is 4.79 Å². The van der Waals surface area contributed by atoms with Crippen LogP contribution in [0.3, 0.4) is 0 Å². The van der Waals surface area contributed by atoms with Crippen LogP contribution in [-0.2, 0) is 4.79 Å². The molecule has 0 rings (SSSR count). The second-order valence-electron chi connectivity index (χ2n) is 4.62. The minimum atomic E-state index is 0.155. The first kappa shape index (κ1) is 16.4. The lowest BCUT2D eigenvalue weighted by Crippen LogP contribution is -2.32. The molecule has 0 fully saturated rings. The quantitative estimate of drug-likeness (QED) is 0.479. The fourth-order valence-corrected chi connectivity index (χ4v) is 1.48. The third-order valence-corrected chi connectivity index (χ3v) is 2.53. The third kappa shape index (κ3) is 13.3. The van der Waals surface area contributed by atoms with Gasteiger partial charge in [0.2, 0.25) is 5.91 Å². The Morgan fingerprint density at radius 3 is 2.35 bits per heavy atom. The van der Waals surface area contributed by atoms with Crippen molar-refractivity contribution in [1.82, 2.24) is 16.0 Å². The lowest BCUT2D eigenvalue weighted by Gasteiger charge is -2.09. The Balaban J connectivity index is 3.01. The lowest BCUT2D eigenvalue weighted by molar-refractivity contribution is -0.120. The van der Waals surface area contributed by atoms with Crippen molar-refractivity contribution in [3.63, 3.8) is 0 Å². The predicted molar refractivity (Wildman–Crippen MR) is 73.2 cm³/mol. The van der Waals surface area contributed by atoms with E-state index in [2.05, 4.69) is 29.8 Å². The van der Waals surface area contributed by atoms with E-state index in [1.54, 1.807) is 0 Å². The molecule has 0 saturated carbocycles. The molecule has 0 heterocycles. The van der Waals surface area contributed by atoms with E-state index in [1.807, 2.05) is 6.92 Å². The zero-order chi connectivity index (χ0) is 12.9. The van der Waals surface area contributed by atoms with Crippen LogP contribution in [-0.4, -0.2) is 38.1 Å². The van der Waals surface area contributed by atoms with Crippen molar-refractivity contribution in [2.75, 3.05) is 26.2 Å². The van der Waals surface area contributed by atoms with Gasteiger partial charge in [-0.1, -0.05) is 27.2 Å². The molecule has 0 bridgehead atoms. The van der Waals surface area contributed by atoms with Crippen LogP contribution < -0.4 is 16.0 Å². The molecule has 17 heavy (non-hydrogen) atoms. The Morgan fingerprint density at radius 2 is 1.71 bits per heavy atom. The van der Waals surface area contributed by atoms with Gasteiger partial charge in [-0.05, 0) is 19.4 Å². The molecule has 0 aromatic heterocycles. The third-order valence-electron chi connectivity index (χ3n) is 2.53. The van der Waals surface area contributed by atoms with Gasteiger partial charge in [0.05, 0.1) is 0 Å². The first-order chi connectivity index (χ1) is 8.16. The maximum Gasteiger partial charge on any atom is 0.219 e. The minimum Gasteiger partial charge on any atom is -0.356 e. The highest BCUT2D eigenvalue weighted by Crippen LogP contribution is 1.92. The summed E-state index contributed by atoms with van der Waals surface area (Å²) in [4.78, 5) is 10.9. The number of hydrogen-bond acceptors (Lipinski definition) is 3. The summed E-state index contributed by atoms with van der Waals surface area (Å²) in [7, 11) is 0. The normalized spacial score (nSPS) is 10.8. The van der Waals surface area contributed by atoms with Crippen LogP contribution in [0.4, 0.5) is 0 Å². The molecule has 0 saturated heterocycles. The van der Waals surface area contributed by atoms with Crippen molar-refractivity contribution in [1.29, 1.82) is 0 Å². The van der Waals surface area contributed by atoms with Crippen LogP contribution in [0.15, 0.2) is 0 Å². The largest absolute Gasteiger partial charge is 0.356 e. The molecule has 1 amide bonds. The average molecular weight is 243 g/mol. The van der Waals surface area contributed by atoms with E-state index in [1.165, 1.54) is 12.8 Å². The van der Waals surface area contributed by atoms with E-state index in [9.17, 15) is 4.79 Å². The van der Waals surface area contributed by atoms with Crippen molar-refractivity contribution in [2.45, 2.75) is 52.5 Å². The van der Waals surface area contributed by atoms with Gasteiger partial charge >= 0.3 is 0 Å². The molecule has 0 unspecified atom stereocenters. The van der Waals surface area contributed by atoms with Crippen LogP contribution >= 0.6 is 0 Å². The summed E-state index contributed by atoms with van der Waals surface area (Å²) in [6.45, 7) is 10.2. The zero-order valence-corrected chi connectivity index (χ0v) is 11.6. The van der Waals surface area contributed by atoms with Crippen LogP contribution in [0.1, 0.15) is 46.5 Å². The number of hydrogen-bond donors (Lipinski definition) is 3. The van der Waals surface area contributed by atoms with Gasteiger partial charge in [-0.15, -0.1) is 0 Å². The van der Waals surface area contributed by atoms with E-state index < -0.39 is 0 Å². The molecule has 102 valence electrons. The van der Waals surface area contributed by atoms with Gasteiger partial charge in [0.25, 0.3) is 0 Å². The van der Waals surface area contributed by atoms with E-state index >= 15 is 0 Å². The molecule has 0 spiro atoms. The fraction of sp³-hybridized carbons (Fsp3) is 0.923. The Morgan fingerprint density at radius 1 is 1.00 bits per heavy atom. The summed E-state index contributed by atoms with van der Waals surface area (Å²) in [6, 6.07) is 0.568. The van der Waals surface area contributed by atoms with E-state index in [-0.39, 0.29) is 5.91 Å². The van der Waals surface area contributed by atoms with Crippen LogP contribution in [0.5, 0.6) is 0 Å². The summed E-state index contributed by atoms with van der Waals surface area (Å²) in [6.07, 6.45) is 4.03. The smallest absolute Gasteiger partial charge is 0.219 e. The number of rotatable bonds is 11. The molecule has 4 heteroatoms. The molecular formula is C13H29N3O. The summed E-state index contributed by atoms with van der Waals surface area (Å²) in [5, 5.41) is 9.65. The first-order valence-electron chi connectivity index (χ1n) is 6.87. The number of carbonyl (C=O) groups is 1. The van der Waals surface area contributed by atoms with Gasteiger partial charge in [-0.2, -0.15) is 0 Å². The standard InChI is InChI=1S/C13H29N3O/c1-4-13(17)16-9-7-5-6-8-14-10-11-15-12(2)3/h12,14-15H,4-11H2,1-3H3,(H,16,17). The van der Waals surface area contributed by atoms with Gasteiger partial charge in [0, 0.05) is 32.1 Å².